The quantitative estimate of drug-likeness (QED) is 0.708. The van der Waals surface area contributed by atoms with Gasteiger partial charge in [-0.3, -0.25) is 14.9 Å². The van der Waals surface area contributed by atoms with E-state index in [9.17, 15) is 4.79 Å². The Balaban J connectivity index is 2.03. The van der Waals surface area contributed by atoms with Crippen LogP contribution in [0.3, 0.4) is 0 Å². The Morgan fingerprint density at radius 1 is 1.44 bits per heavy atom. The number of nitrogens with zero attached hydrogens (tertiary/aromatic N) is 2. The lowest BCUT2D eigenvalue weighted by Gasteiger charge is -2.04. The average molecular weight is 245 g/mol. The number of aromatic nitrogens is 3. The summed E-state index contributed by atoms with van der Waals surface area (Å²) in [6.45, 7) is 0.863. The van der Waals surface area contributed by atoms with Crippen molar-refractivity contribution in [3.8, 4) is 11.3 Å². The fourth-order valence-corrected chi connectivity index (χ4v) is 1.60. The second-order valence-electron chi connectivity index (χ2n) is 3.79. The molecule has 2 aromatic rings. The Bertz CT molecular complexity index is 508. The maximum Gasteiger partial charge on any atom is 0.233 e. The molecule has 0 bridgehead atoms. The first-order chi connectivity index (χ1) is 8.81. The topological polar surface area (TPSA) is 82.7 Å². The van der Waals surface area contributed by atoms with Gasteiger partial charge in [-0.2, -0.15) is 5.10 Å². The molecule has 0 aliphatic carbocycles. The summed E-state index contributed by atoms with van der Waals surface area (Å²) in [5.74, 6) is -0.0403. The molecule has 3 N–H and O–H groups in total. The minimum Gasteiger partial charge on any atom is -0.358 e. The van der Waals surface area contributed by atoms with Crippen molar-refractivity contribution in [1.29, 1.82) is 0 Å². The Morgan fingerprint density at radius 2 is 2.33 bits per heavy atom. The van der Waals surface area contributed by atoms with Crippen LogP contribution in [-0.2, 0) is 11.3 Å². The molecule has 6 nitrogen and oxygen atoms in total. The van der Waals surface area contributed by atoms with E-state index < -0.39 is 0 Å². The Hall–Kier alpha value is -2.21. The Morgan fingerprint density at radius 3 is 3.06 bits per heavy atom. The van der Waals surface area contributed by atoms with E-state index in [1.54, 1.807) is 25.6 Å². The summed E-state index contributed by atoms with van der Waals surface area (Å²) in [4.78, 5) is 15.2. The van der Waals surface area contributed by atoms with Crippen molar-refractivity contribution in [3.63, 3.8) is 0 Å². The first-order valence-corrected chi connectivity index (χ1v) is 5.65. The third-order valence-electron chi connectivity index (χ3n) is 2.55. The van der Waals surface area contributed by atoms with Crippen molar-refractivity contribution < 1.29 is 4.79 Å². The van der Waals surface area contributed by atoms with Crippen LogP contribution in [0.25, 0.3) is 11.3 Å². The molecular weight excluding hydrogens is 230 g/mol. The smallest absolute Gasteiger partial charge is 0.233 e. The van der Waals surface area contributed by atoms with Crippen LogP contribution in [0.5, 0.6) is 0 Å². The highest BCUT2D eigenvalue weighted by molar-refractivity contribution is 5.77. The van der Waals surface area contributed by atoms with Crippen LogP contribution in [0.2, 0.25) is 0 Å². The highest BCUT2D eigenvalue weighted by atomic mass is 16.1. The zero-order chi connectivity index (χ0) is 12.8. The number of hydrogen-bond acceptors (Lipinski definition) is 4. The number of carbonyl (C=O) groups is 1. The van der Waals surface area contributed by atoms with Gasteiger partial charge in [0.05, 0.1) is 18.4 Å². The van der Waals surface area contributed by atoms with Crippen molar-refractivity contribution in [1.82, 2.24) is 25.8 Å². The minimum absolute atomic E-state index is 0.0403. The zero-order valence-electron chi connectivity index (χ0n) is 10.1. The van der Waals surface area contributed by atoms with Gasteiger partial charge >= 0.3 is 0 Å². The lowest BCUT2D eigenvalue weighted by atomic mass is 10.1. The molecule has 0 radical (unpaired) electrons. The summed E-state index contributed by atoms with van der Waals surface area (Å²) in [6.07, 6.45) is 5.25. The molecule has 1 amide bonds. The van der Waals surface area contributed by atoms with Crippen LogP contribution < -0.4 is 10.6 Å². The fourth-order valence-electron chi connectivity index (χ4n) is 1.60. The maximum atomic E-state index is 11.1. The van der Waals surface area contributed by atoms with Crippen molar-refractivity contribution in [2.24, 2.45) is 0 Å². The van der Waals surface area contributed by atoms with Crippen LogP contribution in [-0.4, -0.2) is 34.7 Å². The van der Waals surface area contributed by atoms with E-state index in [2.05, 4.69) is 25.8 Å². The third-order valence-corrected chi connectivity index (χ3v) is 2.55. The molecule has 0 aliphatic rings. The van der Waals surface area contributed by atoms with Gasteiger partial charge in [-0.15, -0.1) is 0 Å². The van der Waals surface area contributed by atoms with Gasteiger partial charge < -0.3 is 10.6 Å². The van der Waals surface area contributed by atoms with Crippen molar-refractivity contribution in [2.75, 3.05) is 13.6 Å². The predicted molar refractivity (Wildman–Crippen MR) is 67.6 cm³/mol. The second-order valence-corrected chi connectivity index (χ2v) is 3.79. The molecule has 6 heteroatoms. The summed E-state index contributed by atoms with van der Waals surface area (Å²) in [5.41, 5.74) is 2.91. The molecule has 0 spiro atoms. The summed E-state index contributed by atoms with van der Waals surface area (Å²) >= 11 is 0. The molecule has 94 valence electrons. The van der Waals surface area contributed by atoms with Crippen LogP contribution in [0.1, 0.15) is 5.56 Å². The molecule has 2 rings (SSSR count). The number of likely N-dealkylation sites (N-methyl/N-ethyl adjacent to an activating group) is 1. The van der Waals surface area contributed by atoms with Crippen LogP contribution >= 0.6 is 0 Å². The van der Waals surface area contributed by atoms with Crippen molar-refractivity contribution in [3.05, 3.63) is 36.3 Å². The lowest BCUT2D eigenvalue weighted by Crippen LogP contribution is -2.30. The molecule has 0 saturated heterocycles. The largest absolute Gasteiger partial charge is 0.358 e. The molecule has 0 unspecified atom stereocenters. The van der Waals surface area contributed by atoms with Gasteiger partial charge in [0, 0.05) is 37.1 Å². The summed E-state index contributed by atoms with van der Waals surface area (Å²) in [6, 6.07) is 3.83. The summed E-state index contributed by atoms with van der Waals surface area (Å²) < 4.78 is 0. The number of hydrogen-bond donors (Lipinski definition) is 3. The molecule has 0 fully saturated rings. The van der Waals surface area contributed by atoms with Gasteiger partial charge in [-0.1, -0.05) is 0 Å². The summed E-state index contributed by atoms with van der Waals surface area (Å²) in [5, 5.41) is 12.6. The SMILES string of the molecule is CNC(=O)CNCc1cn[nH]c1-c1cccnc1. The molecule has 2 heterocycles. The Kier molecular flexibility index (Phi) is 4.03. The normalized spacial score (nSPS) is 10.3. The van der Waals surface area contributed by atoms with Crippen molar-refractivity contribution in [2.45, 2.75) is 6.54 Å². The van der Waals surface area contributed by atoms with E-state index in [4.69, 9.17) is 0 Å². The van der Waals surface area contributed by atoms with Gasteiger partial charge in [-0.25, -0.2) is 0 Å². The highest BCUT2D eigenvalue weighted by Gasteiger charge is 2.07. The maximum absolute atomic E-state index is 11.1. The third kappa shape index (κ3) is 2.92. The van der Waals surface area contributed by atoms with Gasteiger partial charge in [0.1, 0.15) is 0 Å². The predicted octanol–water partition coefficient (Wildman–Crippen LogP) is 0.307. The number of aromatic amines is 1. The lowest BCUT2D eigenvalue weighted by molar-refractivity contribution is -0.119. The number of rotatable bonds is 5. The molecule has 0 aliphatic heterocycles. The van der Waals surface area contributed by atoms with Crippen LogP contribution in [0.4, 0.5) is 0 Å². The van der Waals surface area contributed by atoms with Gasteiger partial charge in [0.15, 0.2) is 0 Å². The molecule has 2 aromatic heterocycles. The van der Waals surface area contributed by atoms with E-state index in [0.29, 0.717) is 6.54 Å². The zero-order valence-corrected chi connectivity index (χ0v) is 10.1. The first-order valence-electron chi connectivity index (χ1n) is 5.65. The standard InChI is InChI=1S/C12H15N5O/c1-13-11(18)8-15-6-10-7-16-17-12(10)9-3-2-4-14-5-9/h2-5,7,15H,6,8H2,1H3,(H,13,18)(H,16,17). The van der Waals surface area contributed by atoms with Crippen LogP contribution in [0.15, 0.2) is 30.7 Å². The molecule has 0 aromatic carbocycles. The second kappa shape index (κ2) is 5.92. The Labute approximate surface area is 105 Å². The molecular formula is C12H15N5O. The molecule has 0 atom stereocenters. The fraction of sp³-hybridized carbons (Fsp3) is 0.250. The molecule has 18 heavy (non-hydrogen) atoms. The van der Waals surface area contributed by atoms with Crippen LogP contribution in [0, 0.1) is 0 Å². The number of nitrogens with one attached hydrogen (secondary N) is 3. The number of pyridine rings is 1. The van der Waals surface area contributed by atoms with E-state index in [-0.39, 0.29) is 12.5 Å². The van der Waals surface area contributed by atoms with E-state index in [0.717, 1.165) is 16.8 Å². The minimum atomic E-state index is -0.0403. The number of amides is 1. The van der Waals surface area contributed by atoms with Gasteiger partial charge in [-0.05, 0) is 12.1 Å². The summed E-state index contributed by atoms with van der Waals surface area (Å²) in [7, 11) is 1.61. The number of H-pyrrole nitrogens is 1. The van der Waals surface area contributed by atoms with E-state index in [1.165, 1.54) is 0 Å². The van der Waals surface area contributed by atoms with Gasteiger partial charge in [0.2, 0.25) is 5.91 Å². The van der Waals surface area contributed by atoms with Gasteiger partial charge in [0.25, 0.3) is 0 Å². The highest BCUT2D eigenvalue weighted by Crippen LogP contribution is 2.19. The van der Waals surface area contributed by atoms with E-state index >= 15 is 0 Å². The molecule has 0 saturated carbocycles. The monoisotopic (exact) mass is 245 g/mol. The average Bonchev–Trinajstić information content (AvgIpc) is 2.88. The van der Waals surface area contributed by atoms with Crippen molar-refractivity contribution >= 4 is 5.91 Å². The van der Waals surface area contributed by atoms with E-state index in [1.807, 2.05) is 12.1 Å². The first kappa shape index (κ1) is 12.3. The number of carbonyl (C=O) groups excluding carboxylic acids is 1.